The lowest BCUT2D eigenvalue weighted by Crippen LogP contribution is -2.27. The molecule has 0 saturated heterocycles. The molecular weight excluding hydrogens is 332 g/mol. The van der Waals surface area contributed by atoms with Crippen molar-refractivity contribution >= 4 is 5.91 Å². The zero-order valence-corrected chi connectivity index (χ0v) is 13.6. The Morgan fingerprint density at radius 3 is 2.64 bits per heavy atom. The van der Waals surface area contributed by atoms with E-state index in [0.717, 1.165) is 16.8 Å². The maximum absolute atomic E-state index is 13.8. The van der Waals surface area contributed by atoms with Crippen molar-refractivity contribution in [1.82, 2.24) is 24.8 Å². The van der Waals surface area contributed by atoms with E-state index in [1.165, 1.54) is 23.2 Å². The molecule has 0 spiro atoms. The number of rotatable bonds is 5. The number of amides is 1. The van der Waals surface area contributed by atoms with Gasteiger partial charge >= 0.3 is 0 Å². The fourth-order valence-corrected chi connectivity index (χ4v) is 2.24. The van der Waals surface area contributed by atoms with E-state index < -0.39 is 17.5 Å². The number of hydrogen-bond acceptors (Lipinski definition) is 5. The average Bonchev–Trinajstić information content (AvgIpc) is 3.23. The van der Waals surface area contributed by atoms with Crippen molar-refractivity contribution in [1.29, 1.82) is 0 Å². The largest absolute Gasteiger partial charge is 0.337 e. The van der Waals surface area contributed by atoms with Gasteiger partial charge in [-0.15, -0.1) is 0 Å². The molecule has 2 aromatic heterocycles. The maximum atomic E-state index is 13.8. The normalized spacial score (nSPS) is 10.9. The Kier molecular flexibility index (Phi) is 4.55. The van der Waals surface area contributed by atoms with Crippen LogP contribution >= 0.6 is 0 Å². The van der Waals surface area contributed by atoms with Gasteiger partial charge in [0.25, 0.3) is 5.91 Å². The Morgan fingerprint density at radius 2 is 2.00 bits per heavy atom. The molecule has 0 aliphatic carbocycles. The van der Waals surface area contributed by atoms with E-state index in [-0.39, 0.29) is 17.9 Å². The standard InChI is InChI=1S/C16H15F2N5O2/c1-3-13-19-14(25-21-13)9-22(2)16(24)12-7-8-23(20-12)15-10(17)5-4-6-11(15)18/h4-8H,3,9H2,1-2H3. The first kappa shape index (κ1) is 16.7. The van der Waals surface area contributed by atoms with Crippen LogP contribution in [-0.2, 0) is 13.0 Å². The van der Waals surface area contributed by atoms with Gasteiger partial charge in [0.1, 0.15) is 12.2 Å². The minimum atomic E-state index is -0.770. The van der Waals surface area contributed by atoms with E-state index in [0.29, 0.717) is 18.1 Å². The van der Waals surface area contributed by atoms with Crippen LogP contribution in [0, 0.1) is 11.6 Å². The summed E-state index contributed by atoms with van der Waals surface area (Å²) in [5.74, 6) is -1.13. The molecule has 2 heterocycles. The Morgan fingerprint density at radius 1 is 1.28 bits per heavy atom. The number of nitrogens with zero attached hydrogens (tertiary/aromatic N) is 5. The molecule has 1 amide bonds. The van der Waals surface area contributed by atoms with E-state index in [1.54, 1.807) is 7.05 Å². The molecule has 130 valence electrons. The number of para-hydroxylation sites is 1. The van der Waals surface area contributed by atoms with Crippen LogP contribution in [0.5, 0.6) is 0 Å². The van der Waals surface area contributed by atoms with Crippen LogP contribution in [0.2, 0.25) is 0 Å². The molecule has 0 bridgehead atoms. The topological polar surface area (TPSA) is 77.0 Å². The molecule has 1 aromatic carbocycles. The molecule has 9 heteroatoms. The molecule has 0 N–H and O–H groups in total. The van der Waals surface area contributed by atoms with Crippen molar-refractivity contribution in [3.8, 4) is 5.69 Å². The van der Waals surface area contributed by atoms with Gasteiger partial charge in [0.15, 0.2) is 23.2 Å². The summed E-state index contributed by atoms with van der Waals surface area (Å²) in [6.45, 7) is 1.99. The Bertz CT molecular complexity index is 885. The van der Waals surface area contributed by atoms with Crippen LogP contribution in [0.25, 0.3) is 5.69 Å². The lowest BCUT2D eigenvalue weighted by molar-refractivity contribution is 0.0763. The number of aromatic nitrogens is 4. The summed E-state index contributed by atoms with van der Waals surface area (Å²) in [6.07, 6.45) is 1.95. The summed E-state index contributed by atoms with van der Waals surface area (Å²) in [5.41, 5.74) is -0.297. The molecule has 3 aromatic rings. The highest BCUT2D eigenvalue weighted by Gasteiger charge is 2.19. The number of halogens is 2. The quantitative estimate of drug-likeness (QED) is 0.708. The third-order valence-corrected chi connectivity index (χ3v) is 3.52. The first-order valence-corrected chi connectivity index (χ1v) is 7.56. The third-order valence-electron chi connectivity index (χ3n) is 3.52. The molecule has 0 fully saturated rings. The fraction of sp³-hybridized carbons (Fsp3) is 0.250. The van der Waals surface area contributed by atoms with Crippen LogP contribution in [-0.4, -0.2) is 37.8 Å². The van der Waals surface area contributed by atoms with Gasteiger partial charge < -0.3 is 9.42 Å². The third kappa shape index (κ3) is 3.39. The highest BCUT2D eigenvalue weighted by atomic mass is 19.1. The zero-order chi connectivity index (χ0) is 18.0. The summed E-state index contributed by atoms with van der Waals surface area (Å²) >= 11 is 0. The number of hydrogen-bond donors (Lipinski definition) is 0. The van der Waals surface area contributed by atoms with Gasteiger partial charge in [-0.2, -0.15) is 10.1 Å². The fourth-order valence-electron chi connectivity index (χ4n) is 2.24. The molecule has 25 heavy (non-hydrogen) atoms. The van der Waals surface area contributed by atoms with Gasteiger partial charge in [-0.3, -0.25) is 4.79 Å². The van der Waals surface area contributed by atoms with Crippen molar-refractivity contribution in [2.75, 3.05) is 7.05 Å². The lowest BCUT2D eigenvalue weighted by atomic mass is 10.3. The monoisotopic (exact) mass is 347 g/mol. The molecule has 0 unspecified atom stereocenters. The van der Waals surface area contributed by atoms with Crippen LogP contribution in [0.4, 0.5) is 8.78 Å². The average molecular weight is 347 g/mol. The van der Waals surface area contributed by atoms with Gasteiger partial charge in [0.05, 0.1) is 0 Å². The van der Waals surface area contributed by atoms with Crippen LogP contribution in [0.1, 0.15) is 29.1 Å². The second kappa shape index (κ2) is 6.80. The first-order chi connectivity index (χ1) is 12.0. The van der Waals surface area contributed by atoms with Crippen molar-refractivity contribution in [3.63, 3.8) is 0 Å². The first-order valence-electron chi connectivity index (χ1n) is 7.56. The second-order valence-electron chi connectivity index (χ2n) is 5.33. The highest BCUT2D eigenvalue weighted by molar-refractivity contribution is 5.92. The number of aryl methyl sites for hydroxylation is 1. The van der Waals surface area contributed by atoms with Crippen LogP contribution < -0.4 is 0 Å². The predicted molar refractivity (Wildman–Crippen MR) is 83.0 cm³/mol. The van der Waals surface area contributed by atoms with Gasteiger partial charge in [-0.05, 0) is 18.2 Å². The van der Waals surface area contributed by atoms with Gasteiger partial charge in [0, 0.05) is 19.7 Å². The number of carbonyl (C=O) groups excluding carboxylic acids is 1. The molecule has 0 aliphatic heterocycles. The lowest BCUT2D eigenvalue weighted by Gasteiger charge is -2.12. The van der Waals surface area contributed by atoms with E-state index in [2.05, 4.69) is 15.2 Å². The summed E-state index contributed by atoms with van der Waals surface area (Å²) in [7, 11) is 1.54. The van der Waals surface area contributed by atoms with Crippen LogP contribution in [0.3, 0.4) is 0 Å². The molecule has 0 atom stereocenters. The minimum Gasteiger partial charge on any atom is -0.337 e. The molecule has 7 nitrogen and oxygen atoms in total. The van der Waals surface area contributed by atoms with Crippen molar-refractivity contribution in [2.24, 2.45) is 0 Å². The van der Waals surface area contributed by atoms with E-state index in [4.69, 9.17) is 4.52 Å². The Balaban J connectivity index is 1.78. The van der Waals surface area contributed by atoms with Gasteiger partial charge in [-0.25, -0.2) is 13.5 Å². The smallest absolute Gasteiger partial charge is 0.274 e. The Hall–Kier alpha value is -3.10. The highest BCUT2D eigenvalue weighted by Crippen LogP contribution is 2.17. The molecular formula is C16H15F2N5O2. The second-order valence-corrected chi connectivity index (χ2v) is 5.33. The summed E-state index contributed by atoms with van der Waals surface area (Å²) in [4.78, 5) is 17.9. The summed E-state index contributed by atoms with van der Waals surface area (Å²) in [5, 5.41) is 7.72. The number of benzene rings is 1. The van der Waals surface area contributed by atoms with Crippen molar-refractivity contribution < 1.29 is 18.1 Å². The van der Waals surface area contributed by atoms with Crippen LogP contribution in [0.15, 0.2) is 35.0 Å². The van der Waals surface area contributed by atoms with Crippen molar-refractivity contribution in [3.05, 3.63) is 59.5 Å². The SMILES string of the molecule is CCc1noc(CN(C)C(=O)c2ccn(-c3c(F)cccc3F)n2)n1. The zero-order valence-electron chi connectivity index (χ0n) is 13.6. The summed E-state index contributed by atoms with van der Waals surface area (Å²) < 4.78 is 33.6. The van der Waals surface area contributed by atoms with E-state index in [9.17, 15) is 13.6 Å². The molecule has 0 radical (unpaired) electrons. The van der Waals surface area contributed by atoms with Crippen molar-refractivity contribution in [2.45, 2.75) is 19.9 Å². The van der Waals surface area contributed by atoms with E-state index in [1.807, 2.05) is 6.92 Å². The molecule has 0 saturated carbocycles. The molecule has 0 aliphatic rings. The Labute approximate surface area is 141 Å². The van der Waals surface area contributed by atoms with Gasteiger partial charge in [0.2, 0.25) is 5.89 Å². The molecule has 3 rings (SSSR count). The van der Waals surface area contributed by atoms with Gasteiger partial charge in [-0.1, -0.05) is 18.1 Å². The van der Waals surface area contributed by atoms with E-state index >= 15 is 0 Å². The minimum absolute atomic E-state index is 0.0420. The predicted octanol–water partition coefficient (Wildman–Crippen LogP) is 2.37. The summed E-state index contributed by atoms with van der Waals surface area (Å²) in [6, 6.07) is 4.88. The maximum Gasteiger partial charge on any atom is 0.274 e. The number of carbonyl (C=O) groups is 1.